The highest BCUT2D eigenvalue weighted by Crippen LogP contribution is 2.47. The maximum Gasteiger partial charge on any atom is 0.262 e. The van der Waals surface area contributed by atoms with Gasteiger partial charge in [0.15, 0.2) is 0 Å². The molecular formula is C19H19Cl2FN2O2S. The minimum absolute atomic E-state index is 0.0317. The quantitative estimate of drug-likeness (QED) is 0.713. The first-order valence-electron chi connectivity index (χ1n) is 8.54. The van der Waals surface area contributed by atoms with E-state index in [1.807, 2.05) is 0 Å². The van der Waals surface area contributed by atoms with Crippen molar-refractivity contribution in [3.8, 4) is 0 Å². The van der Waals surface area contributed by atoms with Gasteiger partial charge in [0.2, 0.25) is 5.67 Å². The normalized spacial score (nSPS) is 21.6. The highest BCUT2D eigenvalue weighted by atomic mass is 35.5. The molecule has 0 fully saturated rings. The summed E-state index contributed by atoms with van der Waals surface area (Å²) in [5.41, 5.74) is -0.605. The van der Waals surface area contributed by atoms with E-state index in [0.717, 1.165) is 0 Å². The molecule has 0 bridgehead atoms. The highest BCUT2D eigenvalue weighted by Gasteiger charge is 2.47. The van der Waals surface area contributed by atoms with Crippen molar-refractivity contribution in [2.45, 2.75) is 30.3 Å². The summed E-state index contributed by atoms with van der Waals surface area (Å²) in [5, 5.41) is 12.6. The van der Waals surface area contributed by atoms with E-state index in [1.54, 1.807) is 36.5 Å². The molecule has 8 heteroatoms. The third-order valence-electron chi connectivity index (χ3n) is 4.55. The Morgan fingerprint density at radius 3 is 2.96 bits per heavy atom. The first-order valence-corrected chi connectivity index (χ1v) is 10.3. The average Bonchev–Trinajstić information content (AvgIpc) is 2.67. The van der Waals surface area contributed by atoms with E-state index < -0.39 is 11.6 Å². The van der Waals surface area contributed by atoms with Gasteiger partial charge < -0.3 is 10.4 Å². The van der Waals surface area contributed by atoms with Crippen molar-refractivity contribution < 1.29 is 14.3 Å². The van der Waals surface area contributed by atoms with Gasteiger partial charge in [-0.2, -0.15) is 0 Å². The van der Waals surface area contributed by atoms with Crippen molar-refractivity contribution in [3.05, 3.63) is 63.4 Å². The summed E-state index contributed by atoms with van der Waals surface area (Å²) in [6.07, 6.45) is 2.14. The molecule has 3 rings (SSSR count). The predicted molar refractivity (Wildman–Crippen MR) is 107 cm³/mol. The SMILES string of the molecule is O=C(NCc1ccc(Cl)cc1Cl)C1(F)CCC(SCCO)c2ncccc21. The van der Waals surface area contributed by atoms with E-state index in [2.05, 4.69) is 10.3 Å². The zero-order valence-electron chi connectivity index (χ0n) is 14.4. The lowest BCUT2D eigenvalue weighted by molar-refractivity contribution is -0.134. The van der Waals surface area contributed by atoms with Crippen molar-refractivity contribution in [3.63, 3.8) is 0 Å². The molecule has 0 aliphatic heterocycles. The average molecular weight is 429 g/mol. The zero-order valence-corrected chi connectivity index (χ0v) is 16.8. The zero-order chi connectivity index (χ0) is 19.4. The largest absolute Gasteiger partial charge is 0.396 e. The molecule has 144 valence electrons. The summed E-state index contributed by atoms with van der Waals surface area (Å²) in [4.78, 5) is 17.0. The molecule has 2 unspecified atom stereocenters. The molecular weight excluding hydrogens is 410 g/mol. The first-order chi connectivity index (χ1) is 13.0. The molecule has 1 heterocycles. The third kappa shape index (κ3) is 4.40. The Kier molecular flexibility index (Phi) is 6.63. The van der Waals surface area contributed by atoms with Crippen LogP contribution in [-0.4, -0.2) is 28.4 Å². The van der Waals surface area contributed by atoms with Crippen LogP contribution in [0.25, 0.3) is 0 Å². The number of hydrogen-bond donors (Lipinski definition) is 2. The van der Waals surface area contributed by atoms with Crippen LogP contribution in [0.4, 0.5) is 4.39 Å². The van der Waals surface area contributed by atoms with Crippen LogP contribution in [0.2, 0.25) is 10.0 Å². The standard InChI is InChI=1S/C19H19Cl2FN2O2S/c20-13-4-3-12(15(21)10-13)11-24-18(26)19(22)6-5-16(27-9-8-25)17-14(19)2-1-7-23-17/h1-4,7,10,16,25H,5-6,8-9,11H2,(H,24,26). The Labute approximate surface area is 171 Å². The van der Waals surface area contributed by atoms with Crippen molar-refractivity contribution in [1.82, 2.24) is 10.3 Å². The fourth-order valence-corrected chi connectivity index (χ4v) is 4.68. The minimum Gasteiger partial charge on any atom is -0.396 e. The van der Waals surface area contributed by atoms with E-state index in [-0.39, 0.29) is 24.8 Å². The fraction of sp³-hybridized carbons (Fsp3) is 0.368. The van der Waals surface area contributed by atoms with E-state index >= 15 is 4.39 Å². The summed E-state index contributed by atoms with van der Waals surface area (Å²) in [6.45, 7) is 0.158. The summed E-state index contributed by atoms with van der Waals surface area (Å²) in [6, 6.07) is 8.20. The lowest BCUT2D eigenvalue weighted by Gasteiger charge is -2.34. The summed E-state index contributed by atoms with van der Waals surface area (Å²) >= 11 is 13.5. The van der Waals surface area contributed by atoms with Gasteiger partial charge in [-0.15, -0.1) is 11.8 Å². The van der Waals surface area contributed by atoms with Crippen molar-refractivity contribution in [2.24, 2.45) is 0 Å². The number of fused-ring (bicyclic) bond motifs is 1. The molecule has 1 aliphatic carbocycles. The van der Waals surface area contributed by atoms with Gasteiger partial charge in [-0.3, -0.25) is 9.78 Å². The van der Waals surface area contributed by atoms with Crippen LogP contribution in [0, 0.1) is 0 Å². The van der Waals surface area contributed by atoms with Crippen LogP contribution in [0.3, 0.4) is 0 Å². The van der Waals surface area contributed by atoms with Gasteiger partial charge in [0, 0.05) is 39.4 Å². The smallest absolute Gasteiger partial charge is 0.262 e. The maximum absolute atomic E-state index is 15.8. The molecule has 0 radical (unpaired) electrons. The van der Waals surface area contributed by atoms with Gasteiger partial charge in [-0.25, -0.2) is 4.39 Å². The van der Waals surface area contributed by atoms with Crippen LogP contribution in [0.1, 0.15) is 34.9 Å². The van der Waals surface area contributed by atoms with Crippen molar-refractivity contribution in [1.29, 1.82) is 0 Å². The number of aliphatic hydroxyl groups excluding tert-OH is 1. The number of hydrogen-bond acceptors (Lipinski definition) is 4. The Hall–Kier alpha value is -1.34. The van der Waals surface area contributed by atoms with E-state index in [9.17, 15) is 4.79 Å². The molecule has 0 saturated heterocycles. The molecule has 2 N–H and O–H groups in total. The van der Waals surface area contributed by atoms with Crippen LogP contribution in [0.15, 0.2) is 36.5 Å². The molecule has 2 aromatic rings. The topological polar surface area (TPSA) is 62.2 Å². The molecule has 4 nitrogen and oxygen atoms in total. The fourth-order valence-electron chi connectivity index (χ4n) is 3.18. The van der Waals surface area contributed by atoms with E-state index in [1.165, 1.54) is 11.8 Å². The number of thioether (sulfide) groups is 1. The van der Waals surface area contributed by atoms with Crippen molar-refractivity contribution in [2.75, 3.05) is 12.4 Å². The number of aromatic nitrogens is 1. The number of rotatable bonds is 6. The number of benzene rings is 1. The lowest BCUT2D eigenvalue weighted by Crippen LogP contribution is -2.43. The number of aliphatic hydroxyl groups is 1. The molecule has 2 atom stereocenters. The molecule has 1 aromatic carbocycles. The molecule has 0 saturated carbocycles. The second-order valence-corrected chi connectivity index (χ2v) is 8.43. The summed E-state index contributed by atoms with van der Waals surface area (Å²) < 4.78 is 15.8. The molecule has 1 aliphatic rings. The predicted octanol–water partition coefficient (Wildman–Crippen LogP) is 4.43. The van der Waals surface area contributed by atoms with Gasteiger partial charge in [0.1, 0.15) is 0 Å². The van der Waals surface area contributed by atoms with Gasteiger partial charge in [-0.1, -0.05) is 35.3 Å². The van der Waals surface area contributed by atoms with Gasteiger partial charge >= 0.3 is 0 Å². The minimum atomic E-state index is -2.14. The number of alkyl halides is 1. The molecule has 1 aromatic heterocycles. The van der Waals surface area contributed by atoms with Crippen molar-refractivity contribution >= 4 is 40.9 Å². The van der Waals surface area contributed by atoms with Gasteiger partial charge in [-0.05, 0) is 36.6 Å². The third-order valence-corrected chi connectivity index (χ3v) is 6.41. The highest BCUT2D eigenvalue weighted by molar-refractivity contribution is 7.99. The van der Waals surface area contributed by atoms with E-state index in [0.29, 0.717) is 39.0 Å². The molecule has 0 spiro atoms. The number of nitrogens with zero attached hydrogens (tertiary/aromatic N) is 1. The molecule has 1 amide bonds. The Morgan fingerprint density at radius 2 is 2.22 bits per heavy atom. The summed E-state index contributed by atoms with van der Waals surface area (Å²) in [7, 11) is 0. The van der Waals surface area contributed by atoms with Gasteiger partial charge in [0.05, 0.1) is 12.3 Å². The van der Waals surface area contributed by atoms with Gasteiger partial charge in [0.25, 0.3) is 5.91 Å². The maximum atomic E-state index is 15.8. The number of carbonyl (C=O) groups excluding carboxylic acids is 1. The number of carbonyl (C=O) groups is 1. The monoisotopic (exact) mass is 428 g/mol. The second-order valence-electron chi connectivity index (χ2n) is 6.28. The Bertz CT molecular complexity index is 839. The van der Waals surface area contributed by atoms with Crippen LogP contribution < -0.4 is 5.32 Å². The Morgan fingerprint density at radius 1 is 1.41 bits per heavy atom. The molecule has 27 heavy (non-hydrogen) atoms. The summed E-state index contributed by atoms with van der Waals surface area (Å²) in [5.74, 6) is -0.158. The van der Waals surface area contributed by atoms with Crippen LogP contribution in [-0.2, 0) is 17.0 Å². The second kappa shape index (κ2) is 8.78. The van der Waals surface area contributed by atoms with E-state index in [4.69, 9.17) is 28.3 Å². The Balaban J connectivity index is 1.79. The lowest BCUT2D eigenvalue weighted by atomic mass is 9.82. The first kappa shape index (κ1) is 20.4. The van der Waals surface area contributed by atoms with Crippen LogP contribution >= 0.6 is 35.0 Å². The number of halogens is 3. The number of amides is 1. The van der Waals surface area contributed by atoms with Crippen LogP contribution in [0.5, 0.6) is 0 Å². The number of nitrogens with one attached hydrogen (secondary N) is 1. The number of pyridine rings is 1.